The lowest BCUT2D eigenvalue weighted by atomic mass is 10.1. The van der Waals surface area contributed by atoms with Gasteiger partial charge < -0.3 is 20.0 Å². The Morgan fingerprint density at radius 1 is 1.06 bits per heavy atom. The molecule has 0 saturated carbocycles. The zero-order valence-electron chi connectivity index (χ0n) is 18.9. The molecule has 1 aromatic heterocycles. The van der Waals surface area contributed by atoms with Crippen molar-refractivity contribution in [2.45, 2.75) is 13.8 Å². The SMILES string of the molecule is CCN1CCN(c2cc(C)c3cc(NC(=O)c4cccc(N(C)C)c4)ccc3n2)CC1. The molecular weight excluding hydrogens is 386 g/mol. The Hall–Kier alpha value is -3.12. The molecule has 0 atom stereocenters. The second-order valence-electron chi connectivity index (χ2n) is 8.35. The van der Waals surface area contributed by atoms with E-state index < -0.39 is 0 Å². The first-order valence-corrected chi connectivity index (χ1v) is 10.9. The number of hydrogen-bond donors (Lipinski definition) is 1. The number of aromatic nitrogens is 1. The molecule has 0 unspecified atom stereocenters. The maximum atomic E-state index is 12.8. The van der Waals surface area contributed by atoms with Gasteiger partial charge in [-0.2, -0.15) is 0 Å². The summed E-state index contributed by atoms with van der Waals surface area (Å²) in [4.78, 5) is 24.5. The fourth-order valence-corrected chi connectivity index (χ4v) is 4.04. The predicted octanol–water partition coefficient (Wildman–Crippen LogP) is 4.00. The third-order valence-electron chi connectivity index (χ3n) is 6.03. The van der Waals surface area contributed by atoms with Gasteiger partial charge in [-0.05, 0) is 61.5 Å². The summed E-state index contributed by atoms with van der Waals surface area (Å²) in [7, 11) is 3.93. The first-order valence-electron chi connectivity index (χ1n) is 10.9. The largest absolute Gasteiger partial charge is 0.378 e. The molecule has 3 aromatic rings. The molecule has 1 N–H and O–H groups in total. The van der Waals surface area contributed by atoms with Gasteiger partial charge in [0.25, 0.3) is 5.91 Å². The van der Waals surface area contributed by atoms with Crippen LogP contribution in [0.2, 0.25) is 0 Å². The van der Waals surface area contributed by atoms with E-state index in [0.29, 0.717) is 5.56 Å². The molecule has 1 aliphatic rings. The van der Waals surface area contributed by atoms with Crippen molar-refractivity contribution in [2.75, 3.05) is 61.9 Å². The van der Waals surface area contributed by atoms with Crippen LogP contribution in [0.1, 0.15) is 22.8 Å². The van der Waals surface area contributed by atoms with Gasteiger partial charge in [-0.15, -0.1) is 0 Å². The molecule has 6 heteroatoms. The highest BCUT2D eigenvalue weighted by molar-refractivity contribution is 6.05. The number of aryl methyl sites for hydroxylation is 1. The molecule has 2 heterocycles. The number of carbonyl (C=O) groups excluding carboxylic acids is 1. The van der Waals surface area contributed by atoms with Gasteiger partial charge in [-0.3, -0.25) is 4.79 Å². The Labute approximate surface area is 184 Å². The van der Waals surface area contributed by atoms with Crippen molar-refractivity contribution in [3.63, 3.8) is 0 Å². The number of likely N-dealkylation sites (N-methyl/N-ethyl adjacent to an activating group) is 1. The number of rotatable bonds is 5. The molecule has 31 heavy (non-hydrogen) atoms. The number of piperazine rings is 1. The van der Waals surface area contributed by atoms with E-state index >= 15 is 0 Å². The van der Waals surface area contributed by atoms with Crippen LogP contribution in [0.3, 0.4) is 0 Å². The van der Waals surface area contributed by atoms with Crippen molar-refractivity contribution in [3.05, 3.63) is 59.7 Å². The number of pyridine rings is 1. The molecule has 0 aliphatic carbocycles. The van der Waals surface area contributed by atoms with Crippen LogP contribution in [-0.2, 0) is 0 Å². The molecule has 1 amide bonds. The lowest BCUT2D eigenvalue weighted by molar-refractivity contribution is 0.102. The lowest BCUT2D eigenvalue weighted by Gasteiger charge is -2.35. The van der Waals surface area contributed by atoms with E-state index in [0.717, 1.165) is 60.8 Å². The fraction of sp³-hybridized carbons (Fsp3) is 0.360. The summed E-state index contributed by atoms with van der Waals surface area (Å²) in [6.45, 7) is 9.60. The molecule has 1 saturated heterocycles. The number of hydrogen-bond acceptors (Lipinski definition) is 5. The van der Waals surface area contributed by atoms with Gasteiger partial charge in [-0.1, -0.05) is 13.0 Å². The highest BCUT2D eigenvalue weighted by Crippen LogP contribution is 2.26. The van der Waals surface area contributed by atoms with E-state index in [1.807, 2.05) is 61.5 Å². The molecule has 0 spiro atoms. The number of anilines is 3. The second kappa shape index (κ2) is 8.94. The number of nitrogens with zero attached hydrogens (tertiary/aromatic N) is 4. The van der Waals surface area contributed by atoms with Crippen LogP contribution >= 0.6 is 0 Å². The minimum atomic E-state index is -0.112. The van der Waals surface area contributed by atoms with E-state index in [4.69, 9.17) is 4.98 Å². The van der Waals surface area contributed by atoms with Crippen LogP contribution < -0.4 is 15.1 Å². The zero-order valence-corrected chi connectivity index (χ0v) is 18.9. The first kappa shape index (κ1) is 21.1. The topological polar surface area (TPSA) is 51.7 Å². The zero-order chi connectivity index (χ0) is 22.0. The third-order valence-corrected chi connectivity index (χ3v) is 6.03. The van der Waals surface area contributed by atoms with Crippen molar-refractivity contribution in [3.8, 4) is 0 Å². The highest BCUT2D eigenvalue weighted by Gasteiger charge is 2.18. The van der Waals surface area contributed by atoms with Gasteiger partial charge in [0.1, 0.15) is 5.82 Å². The van der Waals surface area contributed by atoms with Gasteiger partial charge >= 0.3 is 0 Å². The minimum Gasteiger partial charge on any atom is -0.378 e. The summed E-state index contributed by atoms with van der Waals surface area (Å²) in [5, 5.41) is 4.10. The van der Waals surface area contributed by atoms with Crippen molar-refractivity contribution in [2.24, 2.45) is 0 Å². The smallest absolute Gasteiger partial charge is 0.255 e. The third kappa shape index (κ3) is 4.64. The van der Waals surface area contributed by atoms with Crippen LogP contribution in [0.25, 0.3) is 10.9 Å². The Bertz CT molecular complexity index is 1090. The number of nitrogens with one attached hydrogen (secondary N) is 1. The van der Waals surface area contributed by atoms with Crippen molar-refractivity contribution in [1.82, 2.24) is 9.88 Å². The van der Waals surface area contributed by atoms with Gasteiger partial charge in [0.15, 0.2) is 0 Å². The average Bonchev–Trinajstić information content (AvgIpc) is 2.79. The number of fused-ring (bicyclic) bond motifs is 1. The summed E-state index contributed by atoms with van der Waals surface area (Å²) >= 11 is 0. The summed E-state index contributed by atoms with van der Waals surface area (Å²) in [6.07, 6.45) is 0. The van der Waals surface area contributed by atoms with E-state index in [1.165, 1.54) is 5.56 Å². The molecule has 2 aromatic carbocycles. The van der Waals surface area contributed by atoms with Crippen molar-refractivity contribution >= 4 is 34.0 Å². The average molecular weight is 418 g/mol. The van der Waals surface area contributed by atoms with Crippen molar-refractivity contribution < 1.29 is 4.79 Å². The fourth-order valence-electron chi connectivity index (χ4n) is 4.04. The van der Waals surface area contributed by atoms with E-state index in [-0.39, 0.29) is 5.91 Å². The van der Waals surface area contributed by atoms with Crippen LogP contribution in [0, 0.1) is 6.92 Å². The Morgan fingerprint density at radius 2 is 1.84 bits per heavy atom. The molecule has 0 bridgehead atoms. The summed E-state index contributed by atoms with van der Waals surface area (Å²) in [5.74, 6) is 0.928. The monoisotopic (exact) mass is 417 g/mol. The maximum Gasteiger partial charge on any atom is 0.255 e. The number of carbonyl (C=O) groups is 1. The maximum absolute atomic E-state index is 12.8. The Morgan fingerprint density at radius 3 is 2.55 bits per heavy atom. The molecule has 162 valence electrons. The van der Waals surface area contributed by atoms with Crippen LogP contribution in [0.4, 0.5) is 17.2 Å². The molecule has 1 fully saturated rings. The molecule has 4 rings (SSSR count). The van der Waals surface area contributed by atoms with Crippen LogP contribution in [0.5, 0.6) is 0 Å². The first-order chi connectivity index (χ1) is 14.9. The van der Waals surface area contributed by atoms with Gasteiger partial charge in [0.2, 0.25) is 0 Å². The normalized spacial score (nSPS) is 14.6. The quantitative estimate of drug-likeness (QED) is 0.680. The summed E-state index contributed by atoms with van der Waals surface area (Å²) in [6, 6.07) is 15.7. The second-order valence-corrected chi connectivity index (χ2v) is 8.35. The van der Waals surface area contributed by atoms with Crippen molar-refractivity contribution in [1.29, 1.82) is 0 Å². The van der Waals surface area contributed by atoms with E-state index in [2.05, 4.69) is 35.0 Å². The Balaban J connectivity index is 1.54. The van der Waals surface area contributed by atoms with Gasteiger partial charge in [-0.25, -0.2) is 4.98 Å². The molecular formula is C25H31N5O. The number of benzene rings is 2. The van der Waals surface area contributed by atoms with E-state index in [1.54, 1.807) is 0 Å². The summed E-state index contributed by atoms with van der Waals surface area (Å²) < 4.78 is 0. The highest BCUT2D eigenvalue weighted by atomic mass is 16.1. The van der Waals surface area contributed by atoms with E-state index in [9.17, 15) is 4.79 Å². The molecule has 1 aliphatic heterocycles. The van der Waals surface area contributed by atoms with Gasteiger partial charge in [0.05, 0.1) is 5.52 Å². The molecule has 6 nitrogen and oxygen atoms in total. The number of amides is 1. The summed E-state index contributed by atoms with van der Waals surface area (Å²) in [5.41, 5.74) is 4.55. The molecule has 0 radical (unpaired) electrons. The van der Waals surface area contributed by atoms with Gasteiger partial charge in [0, 0.05) is 62.6 Å². The lowest BCUT2D eigenvalue weighted by Crippen LogP contribution is -2.46. The predicted molar refractivity (Wildman–Crippen MR) is 130 cm³/mol. The van der Waals surface area contributed by atoms with Crippen LogP contribution in [0.15, 0.2) is 48.5 Å². The minimum absolute atomic E-state index is 0.112. The Kier molecular flexibility index (Phi) is 6.09. The standard InChI is InChI=1S/C25H31N5O/c1-5-29-11-13-30(14-12-29)24-15-18(2)22-17-20(9-10-23(22)27-24)26-25(31)19-7-6-8-21(16-19)28(3)4/h6-10,15-17H,5,11-14H2,1-4H3,(H,26,31). The van der Waals surface area contributed by atoms with Crippen LogP contribution in [-0.4, -0.2) is 62.6 Å².